The van der Waals surface area contributed by atoms with Crippen LogP contribution in [0.5, 0.6) is 0 Å². The molecule has 0 fully saturated rings. The van der Waals surface area contributed by atoms with Crippen molar-refractivity contribution in [2.45, 2.75) is 25.3 Å². The number of rotatable bonds is 8. The molecule has 0 saturated carbocycles. The first-order chi connectivity index (χ1) is 8.11. The maximum absolute atomic E-state index is 11.3. The van der Waals surface area contributed by atoms with Gasteiger partial charge in [-0.1, -0.05) is 0 Å². The van der Waals surface area contributed by atoms with Crippen LogP contribution in [0.2, 0.25) is 0 Å². The van der Waals surface area contributed by atoms with Crippen molar-refractivity contribution in [3.05, 3.63) is 0 Å². The van der Waals surface area contributed by atoms with Gasteiger partial charge in [-0.05, 0) is 6.42 Å². The number of aliphatic carboxylic acids is 1. The standard InChI is InChI=1S/C9H16N2O6S/c1-18(16,17)5-4-8(13)11-6(9(14)15)2-3-7(10)12/h6H,2-5H2,1H3,(H2,10,12)(H,11,13)(H,14,15). The molecule has 1 atom stereocenters. The fourth-order valence-corrected chi connectivity index (χ4v) is 1.64. The van der Waals surface area contributed by atoms with E-state index in [0.29, 0.717) is 0 Å². The summed E-state index contributed by atoms with van der Waals surface area (Å²) in [6.45, 7) is 0. The highest BCUT2D eigenvalue weighted by molar-refractivity contribution is 7.90. The lowest BCUT2D eigenvalue weighted by molar-refractivity contribution is -0.142. The summed E-state index contributed by atoms with van der Waals surface area (Å²) in [4.78, 5) is 32.6. The van der Waals surface area contributed by atoms with Crippen LogP contribution in [0, 0.1) is 0 Å². The minimum absolute atomic E-state index is 0.130. The van der Waals surface area contributed by atoms with Gasteiger partial charge in [0.1, 0.15) is 15.9 Å². The van der Waals surface area contributed by atoms with Crippen LogP contribution in [0.15, 0.2) is 0 Å². The molecule has 0 aliphatic heterocycles. The molecule has 0 bridgehead atoms. The Kier molecular flexibility index (Phi) is 6.31. The van der Waals surface area contributed by atoms with Crippen LogP contribution < -0.4 is 11.1 Å². The van der Waals surface area contributed by atoms with Gasteiger partial charge in [0.15, 0.2) is 0 Å². The molecule has 0 aromatic rings. The molecule has 0 aliphatic carbocycles. The quantitative estimate of drug-likeness (QED) is 0.481. The lowest BCUT2D eigenvalue weighted by Crippen LogP contribution is -2.41. The summed E-state index contributed by atoms with van der Waals surface area (Å²) in [5.41, 5.74) is 4.86. The molecule has 18 heavy (non-hydrogen) atoms. The molecule has 104 valence electrons. The van der Waals surface area contributed by atoms with Crippen LogP contribution in [0.3, 0.4) is 0 Å². The van der Waals surface area contributed by atoms with E-state index in [1.807, 2.05) is 0 Å². The molecule has 0 aromatic heterocycles. The molecular weight excluding hydrogens is 264 g/mol. The van der Waals surface area contributed by atoms with Crippen molar-refractivity contribution >= 4 is 27.6 Å². The first kappa shape index (κ1) is 16.4. The third-order valence-electron chi connectivity index (χ3n) is 2.01. The lowest BCUT2D eigenvalue weighted by atomic mass is 10.1. The molecule has 0 heterocycles. The van der Waals surface area contributed by atoms with E-state index in [-0.39, 0.29) is 25.0 Å². The van der Waals surface area contributed by atoms with Crippen LogP contribution >= 0.6 is 0 Å². The topological polar surface area (TPSA) is 144 Å². The molecular formula is C9H16N2O6S. The normalized spacial score (nSPS) is 12.7. The lowest BCUT2D eigenvalue weighted by Gasteiger charge is -2.13. The molecule has 0 saturated heterocycles. The fourth-order valence-electron chi connectivity index (χ4n) is 1.09. The Morgan fingerprint density at radius 2 is 1.83 bits per heavy atom. The summed E-state index contributed by atoms with van der Waals surface area (Å²) >= 11 is 0. The van der Waals surface area contributed by atoms with E-state index in [1.165, 1.54) is 0 Å². The Morgan fingerprint density at radius 3 is 2.22 bits per heavy atom. The maximum atomic E-state index is 11.3. The van der Waals surface area contributed by atoms with Gasteiger partial charge in [-0.25, -0.2) is 13.2 Å². The van der Waals surface area contributed by atoms with E-state index in [9.17, 15) is 22.8 Å². The van der Waals surface area contributed by atoms with Gasteiger partial charge < -0.3 is 16.2 Å². The van der Waals surface area contributed by atoms with E-state index < -0.39 is 33.7 Å². The smallest absolute Gasteiger partial charge is 0.326 e. The van der Waals surface area contributed by atoms with Gasteiger partial charge in [-0.15, -0.1) is 0 Å². The molecule has 0 aliphatic rings. The van der Waals surface area contributed by atoms with Crippen LogP contribution in [0.1, 0.15) is 19.3 Å². The molecule has 0 aromatic carbocycles. The minimum atomic E-state index is -3.28. The molecule has 9 heteroatoms. The van der Waals surface area contributed by atoms with Gasteiger partial charge in [0.05, 0.1) is 5.75 Å². The van der Waals surface area contributed by atoms with Gasteiger partial charge in [0, 0.05) is 19.1 Å². The van der Waals surface area contributed by atoms with Gasteiger partial charge in [-0.3, -0.25) is 9.59 Å². The first-order valence-electron chi connectivity index (χ1n) is 5.10. The zero-order chi connectivity index (χ0) is 14.3. The number of carboxylic acids is 1. The number of sulfone groups is 1. The van der Waals surface area contributed by atoms with Crippen LogP contribution in [-0.4, -0.2) is 49.4 Å². The monoisotopic (exact) mass is 280 g/mol. The highest BCUT2D eigenvalue weighted by Gasteiger charge is 2.20. The third kappa shape index (κ3) is 8.50. The van der Waals surface area contributed by atoms with Crippen molar-refractivity contribution in [3.63, 3.8) is 0 Å². The summed E-state index contributed by atoms with van der Waals surface area (Å²) in [5, 5.41) is 10.9. The number of amides is 2. The zero-order valence-corrected chi connectivity index (χ0v) is 10.7. The summed E-state index contributed by atoms with van der Waals surface area (Å²) in [5.74, 6) is -3.03. The van der Waals surface area contributed by atoms with Gasteiger partial charge in [0.25, 0.3) is 0 Å². The SMILES string of the molecule is CS(=O)(=O)CCC(=O)NC(CCC(N)=O)C(=O)O. The number of nitrogens with two attached hydrogens (primary N) is 1. The average molecular weight is 280 g/mol. The summed E-state index contributed by atoms with van der Waals surface area (Å²) in [6, 6.07) is -1.25. The number of carbonyl (C=O) groups excluding carboxylic acids is 2. The number of hydrogen-bond donors (Lipinski definition) is 3. The zero-order valence-electron chi connectivity index (χ0n) is 9.88. The second-order valence-corrected chi connectivity index (χ2v) is 6.10. The van der Waals surface area contributed by atoms with E-state index in [2.05, 4.69) is 5.32 Å². The Labute approximate surface area is 104 Å². The van der Waals surface area contributed by atoms with E-state index >= 15 is 0 Å². The Bertz CT molecular complexity index is 430. The molecule has 0 radical (unpaired) electrons. The maximum Gasteiger partial charge on any atom is 0.326 e. The Morgan fingerprint density at radius 1 is 1.28 bits per heavy atom. The molecule has 1 unspecified atom stereocenters. The number of primary amides is 1. The van der Waals surface area contributed by atoms with Gasteiger partial charge >= 0.3 is 5.97 Å². The second kappa shape index (κ2) is 6.94. The Balaban J connectivity index is 4.28. The average Bonchev–Trinajstić information content (AvgIpc) is 2.19. The van der Waals surface area contributed by atoms with Crippen LogP contribution in [-0.2, 0) is 24.2 Å². The van der Waals surface area contributed by atoms with Crippen molar-refractivity contribution in [3.8, 4) is 0 Å². The minimum Gasteiger partial charge on any atom is -0.480 e. The van der Waals surface area contributed by atoms with Crippen molar-refractivity contribution in [1.29, 1.82) is 0 Å². The summed E-state index contributed by atoms with van der Waals surface area (Å²) in [6.07, 6.45) is 0.347. The van der Waals surface area contributed by atoms with Crippen molar-refractivity contribution in [2.75, 3.05) is 12.0 Å². The summed E-state index contributed by atoms with van der Waals surface area (Å²) in [7, 11) is -3.28. The predicted octanol–water partition coefficient (Wildman–Crippen LogP) is -1.74. The molecule has 0 spiro atoms. The number of hydrogen-bond acceptors (Lipinski definition) is 5. The highest BCUT2D eigenvalue weighted by Crippen LogP contribution is 1.99. The van der Waals surface area contributed by atoms with Gasteiger partial charge in [-0.2, -0.15) is 0 Å². The van der Waals surface area contributed by atoms with Crippen molar-refractivity contribution in [2.24, 2.45) is 5.73 Å². The van der Waals surface area contributed by atoms with Crippen molar-refractivity contribution in [1.82, 2.24) is 5.32 Å². The third-order valence-corrected chi connectivity index (χ3v) is 2.96. The second-order valence-electron chi connectivity index (χ2n) is 3.84. The number of nitrogens with one attached hydrogen (secondary N) is 1. The van der Waals surface area contributed by atoms with Gasteiger partial charge in [0.2, 0.25) is 11.8 Å². The van der Waals surface area contributed by atoms with Crippen LogP contribution in [0.4, 0.5) is 0 Å². The molecule has 2 amide bonds. The predicted molar refractivity (Wildman–Crippen MR) is 62.3 cm³/mol. The summed E-state index contributed by atoms with van der Waals surface area (Å²) < 4.78 is 21.6. The van der Waals surface area contributed by atoms with E-state index in [0.717, 1.165) is 6.26 Å². The van der Waals surface area contributed by atoms with E-state index in [1.54, 1.807) is 0 Å². The number of carboxylic acid groups (broad SMARTS) is 1. The first-order valence-corrected chi connectivity index (χ1v) is 7.16. The fraction of sp³-hybridized carbons (Fsp3) is 0.667. The molecule has 0 rings (SSSR count). The largest absolute Gasteiger partial charge is 0.480 e. The molecule has 4 N–H and O–H groups in total. The van der Waals surface area contributed by atoms with E-state index in [4.69, 9.17) is 10.8 Å². The van der Waals surface area contributed by atoms with Crippen LogP contribution in [0.25, 0.3) is 0 Å². The Hall–Kier alpha value is -1.64. The highest BCUT2D eigenvalue weighted by atomic mass is 32.2. The number of carbonyl (C=O) groups is 3. The van der Waals surface area contributed by atoms with Crippen molar-refractivity contribution < 1.29 is 27.9 Å². The molecule has 8 nitrogen and oxygen atoms in total.